The lowest BCUT2D eigenvalue weighted by Gasteiger charge is -2.04. The van der Waals surface area contributed by atoms with E-state index in [1.54, 1.807) is 6.20 Å². The summed E-state index contributed by atoms with van der Waals surface area (Å²) in [6, 6.07) is 0. The third-order valence-corrected chi connectivity index (χ3v) is 2.54. The second-order valence-electron chi connectivity index (χ2n) is 3.53. The monoisotopic (exact) mass is 199 g/mol. The molecule has 1 heterocycles. The Bertz CT molecular complexity index is 245. The van der Waals surface area contributed by atoms with E-state index in [1.165, 1.54) is 24.2 Å². The van der Waals surface area contributed by atoms with Crippen molar-refractivity contribution in [2.75, 3.05) is 17.6 Å². The number of thiazole rings is 1. The summed E-state index contributed by atoms with van der Waals surface area (Å²) in [6.45, 7) is 5.47. The molecule has 3 nitrogen and oxygen atoms in total. The van der Waals surface area contributed by atoms with E-state index in [9.17, 15) is 0 Å². The Kier molecular flexibility index (Phi) is 4.02. The van der Waals surface area contributed by atoms with E-state index < -0.39 is 0 Å². The maximum Gasteiger partial charge on any atom is 0.184 e. The predicted octanol–water partition coefficient (Wildman–Crippen LogP) is 2.57. The molecule has 0 aliphatic carbocycles. The number of nitrogens with one attached hydrogen (secondary N) is 1. The van der Waals surface area contributed by atoms with Crippen LogP contribution in [-0.4, -0.2) is 11.5 Å². The van der Waals surface area contributed by atoms with Gasteiger partial charge in [-0.1, -0.05) is 25.2 Å². The first-order chi connectivity index (χ1) is 6.18. The first-order valence-electron chi connectivity index (χ1n) is 4.63. The SMILES string of the molecule is CC(C)CCCNc1ncc(N)s1. The van der Waals surface area contributed by atoms with Crippen molar-refractivity contribution in [3.05, 3.63) is 6.20 Å². The van der Waals surface area contributed by atoms with Gasteiger partial charge in [-0.05, 0) is 18.8 Å². The molecule has 0 amide bonds. The van der Waals surface area contributed by atoms with Crippen molar-refractivity contribution in [3.8, 4) is 0 Å². The fourth-order valence-corrected chi connectivity index (χ4v) is 1.68. The first-order valence-corrected chi connectivity index (χ1v) is 5.45. The number of nitrogen functional groups attached to an aromatic ring is 1. The van der Waals surface area contributed by atoms with Crippen LogP contribution in [0.1, 0.15) is 26.7 Å². The maximum absolute atomic E-state index is 5.55. The minimum atomic E-state index is 0.770. The largest absolute Gasteiger partial charge is 0.389 e. The smallest absolute Gasteiger partial charge is 0.184 e. The van der Waals surface area contributed by atoms with Crippen LogP contribution in [0.4, 0.5) is 10.1 Å². The molecule has 1 aromatic heterocycles. The molecule has 0 aliphatic rings. The fraction of sp³-hybridized carbons (Fsp3) is 0.667. The van der Waals surface area contributed by atoms with Gasteiger partial charge in [0.15, 0.2) is 5.13 Å². The van der Waals surface area contributed by atoms with E-state index >= 15 is 0 Å². The Balaban J connectivity index is 2.13. The van der Waals surface area contributed by atoms with Crippen LogP contribution >= 0.6 is 11.3 Å². The Labute approximate surface area is 83.4 Å². The van der Waals surface area contributed by atoms with E-state index in [-0.39, 0.29) is 0 Å². The fourth-order valence-electron chi connectivity index (χ4n) is 1.07. The number of rotatable bonds is 5. The summed E-state index contributed by atoms with van der Waals surface area (Å²) in [7, 11) is 0. The van der Waals surface area contributed by atoms with Crippen molar-refractivity contribution >= 4 is 21.5 Å². The van der Waals surface area contributed by atoms with Gasteiger partial charge in [0.25, 0.3) is 0 Å². The van der Waals surface area contributed by atoms with Crippen LogP contribution < -0.4 is 11.1 Å². The summed E-state index contributed by atoms with van der Waals surface area (Å²) < 4.78 is 0. The molecule has 0 atom stereocenters. The van der Waals surface area contributed by atoms with Gasteiger partial charge in [-0.2, -0.15) is 0 Å². The number of hydrogen-bond acceptors (Lipinski definition) is 4. The number of hydrogen-bond donors (Lipinski definition) is 2. The van der Waals surface area contributed by atoms with Crippen LogP contribution in [0, 0.1) is 5.92 Å². The second kappa shape index (κ2) is 5.07. The van der Waals surface area contributed by atoms with Gasteiger partial charge in [-0.3, -0.25) is 0 Å². The molecule has 4 heteroatoms. The number of nitrogens with two attached hydrogens (primary N) is 1. The number of aromatic nitrogens is 1. The van der Waals surface area contributed by atoms with Gasteiger partial charge in [-0.15, -0.1) is 0 Å². The molecule has 0 bridgehead atoms. The topological polar surface area (TPSA) is 50.9 Å². The van der Waals surface area contributed by atoms with Crippen LogP contribution in [0.15, 0.2) is 6.20 Å². The Morgan fingerprint density at radius 1 is 1.62 bits per heavy atom. The van der Waals surface area contributed by atoms with Crippen LogP contribution in [0.25, 0.3) is 0 Å². The summed E-state index contributed by atoms with van der Waals surface area (Å²) >= 11 is 1.50. The standard InChI is InChI=1S/C9H17N3S/c1-7(2)4-3-5-11-9-12-6-8(10)13-9/h6-7H,3-5,10H2,1-2H3,(H,11,12). The lowest BCUT2D eigenvalue weighted by atomic mass is 10.1. The van der Waals surface area contributed by atoms with Crippen molar-refractivity contribution in [1.82, 2.24) is 4.98 Å². The molecule has 0 radical (unpaired) electrons. The lowest BCUT2D eigenvalue weighted by molar-refractivity contribution is 0.567. The molecule has 0 aromatic carbocycles. The van der Waals surface area contributed by atoms with E-state index in [4.69, 9.17) is 5.73 Å². The van der Waals surface area contributed by atoms with E-state index in [0.29, 0.717) is 0 Å². The normalized spacial score (nSPS) is 10.7. The van der Waals surface area contributed by atoms with Crippen molar-refractivity contribution in [2.45, 2.75) is 26.7 Å². The van der Waals surface area contributed by atoms with Gasteiger partial charge in [0, 0.05) is 6.54 Å². The zero-order valence-corrected chi connectivity index (χ0v) is 9.03. The highest BCUT2D eigenvalue weighted by Crippen LogP contribution is 2.19. The van der Waals surface area contributed by atoms with Crippen molar-refractivity contribution < 1.29 is 0 Å². The van der Waals surface area contributed by atoms with E-state index in [2.05, 4.69) is 24.1 Å². The van der Waals surface area contributed by atoms with E-state index in [1.807, 2.05) is 0 Å². The average molecular weight is 199 g/mol. The van der Waals surface area contributed by atoms with Gasteiger partial charge in [0.05, 0.1) is 6.20 Å². The highest BCUT2D eigenvalue weighted by molar-refractivity contribution is 7.19. The van der Waals surface area contributed by atoms with Gasteiger partial charge in [0.2, 0.25) is 0 Å². The summed E-state index contributed by atoms with van der Waals surface area (Å²) in [4.78, 5) is 4.11. The Morgan fingerprint density at radius 2 is 2.38 bits per heavy atom. The Morgan fingerprint density at radius 3 is 2.92 bits per heavy atom. The second-order valence-corrected chi connectivity index (χ2v) is 4.59. The zero-order chi connectivity index (χ0) is 9.68. The third-order valence-electron chi connectivity index (χ3n) is 1.76. The van der Waals surface area contributed by atoms with Crippen LogP contribution in [-0.2, 0) is 0 Å². The summed E-state index contributed by atoms with van der Waals surface area (Å²) in [6.07, 6.45) is 4.14. The molecular weight excluding hydrogens is 182 g/mol. The van der Waals surface area contributed by atoms with Gasteiger partial charge < -0.3 is 11.1 Å². The zero-order valence-electron chi connectivity index (χ0n) is 8.21. The molecule has 3 N–H and O–H groups in total. The maximum atomic E-state index is 5.55. The molecule has 1 rings (SSSR count). The lowest BCUT2D eigenvalue weighted by Crippen LogP contribution is -2.02. The van der Waals surface area contributed by atoms with Crippen molar-refractivity contribution in [1.29, 1.82) is 0 Å². The minimum absolute atomic E-state index is 0.770. The van der Waals surface area contributed by atoms with E-state index in [0.717, 1.165) is 22.6 Å². The average Bonchev–Trinajstić information content (AvgIpc) is 2.45. The quantitative estimate of drug-likeness (QED) is 0.717. The Hall–Kier alpha value is -0.770. The summed E-state index contributed by atoms with van der Waals surface area (Å²) in [5, 5.41) is 4.95. The summed E-state index contributed by atoms with van der Waals surface area (Å²) in [5.74, 6) is 0.781. The van der Waals surface area contributed by atoms with Crippen LogP contribution in [0.3, 0.4) is 0 Å². The summed E-state index contributed by atoms with van der Waals surface area (Å²) in [5.41, 5.74) is 5.55. The van der Waals surface area contributed by atoms with Crippen LogP contribution in [0.5, 0.6) is 0 Å². The number of anilines is 2. The van der Waals surface area contributed by atoms with Gasteiger partial charge >= 0.3 is 0 Å². The molecule has 0 unspecified atom stereocenters. The highest BCUT2D eigenvalue weighted by atomic mass is 32.1. The predicted molar refractivity (Wildman–Crippen MR) is 59.1 cm³/mol. The molecular formula is C9H17N3S. The molecule has 74 valence electrons. The molecule has 0 fully saturated rings. The molecule has 0 spiro atoms. The van der Waals surface area contributed by atoms with Crippen molar-refractivity contribution in [2.24, 2.45) is 5.92 Å². The third kappa shape index (κ3) is 4.12. The molecule has 0 aliphatic heterocycles. The minimum Gasteiger partial charge on any atom is -0.389 e. The molecule has 0 saturated carbocycles. The molecule has 0 saturated heterocycles. The number of nitrogens with zero attached hydrogens (tertiary/aromatic N) is 1. The van der Waals surface area contributed by atoms with Gasteiger partial charge in [0.1, 0.15) is 5.00 Å². The molecule has 1 aromatic rings. The molecule has 13 heavy (non-hydrogen) atoms. The van der Waals surface area contributed by atoms with Crippen molar-refractivity contribution in [3.63, 3.8) is 0 Å². The first kappa shape index (κ1) is 10.3. The van der Waals surface area contributed by atoms with Crippen LogP contribution in [0.2, 0.25) is 0 Å². The highest BCUT2D eigenvalue weighted by Gasteiger charge is 1.97. The van der Waals surface area contributed by atoms with Gasteiger partial charge in [-0.25, -0.2) is 4.98 Å².